The molecule has 0 spiro atoms. The first-order valence-corrected chi connectivity index (χ1v) is 11.1. The molecule has 1 aromatic carbocycles. The van der Waals surface area contributed by atoms with Gasteiger partial charge in [0.25, 0.3) is 5.91 Å². The first-order valence-electron chi connectivity index (χ1n) is 11.1. The van der Waals surface area contributed by atoms with E-state index in [1.807, 2.05) is 30.5 Å². The van der Waals surface area contributed by atoms with Crippen LogP contribution in [-0.4, -0.2) is 62.8 Å². The van der Waals surface area contributed by atoms with Crippen molar-refractivity contribution in [1.29, 1.82) is 0 Å². The molecule has 0 radical (unpaired) electrons. The molecule has 0 aliphatic carbocycles. The molecule has 1 aliphatic rings. The fourth-order valence-electron chi connectivity index (χ4n) is 3.82. The lowest BCUT2D eigenvalue weighted by Gasteiger charge is -2.36. The number of nitrogens with one attached hydrogen (secondary N) is 3. The third-order valence-electron chi connectivity index (χ3n) is 5.36. The zero-order valence-corrected chi connectivity index (χ0v) is 19.4. The van der Waals surface area contributed by atoms with E-state index in [1.165, 1.54) is 0 Å². The molecule has 1 fully saturated rings. The monoisotopic (exact) mass is 438 g/mol. The van der Waals surface area contributed by atoms with Gasteiger partial charge >= 0.3 is 0 Å². The van der Waals surface area contributed by atoms with E-state index in [1.54, 1.807) is 14.1 Å². The Hall–Kier alpha value is -3.13. The Labute approximate surface area is 190 Å². The van der Waals surface area contributed by atoms with Gasteiger partial charge in [-0.15, -0.1) is 0 Å². The minimum atomic E-state index is -0.0745. The van der Waals surface area contributed by atoms with E-state index in [9.17, 15) is 4.79 Å². The van der Waals surface area contributed by atoms with Crippen molar-refractivity contribution < 1.29 is 9.53 Å². The molecule has 172 valence electrons. The van der Waals surface area contributed by atoms with E-state index in [0.717, 1.165) is 42.4 Å². The second-order valence-corrected chi connectivity index (χ2v) is 8.07. The van der Waals surface area contributed by atoms with Gasteiger partial charge in [-0.1, -0.05) is 18.2 Å². The Morgan fingerprint density at radius 2 is 1.94 bits per heavy atom. The Bertz CT molecular complexity index is 905. The van der Waals surface area contributed by atoms with Crippen molar-refractivity contribution in [2.24, 2.45) is 4.99 Å². The number of hydrogen-bond donors (Lipinski definition) is 3. The Morgan fingerprint density at radius 1 is 1.16 bits per heavy atom. The fraction of sp³-hybridized carbons (Fsp3) is 0.458. The normalized spacial score (nSPS) is 18.9. The number of aliphatic imine (C=N–C) groups is 1. The van der Waals surface area contributed by atoms with Gasteiger partial charge in [0.15, 0.2) is 5.96 Å². The molecule has 3 rings (SSSR count). The van der Waals surface area contributed by atoms with Crippen molar-refractivity contribution in [1.82, 2.24) is 20.9 Å². The summed E-state index contributed by atoms with van der Waals surface area (Å²) in [4.78, 5) is 23.0. The van der Waals surface area contributed by atoms with Crippen molar-refractivity contribution in [3.63, 3.8) is 0 Å². The zero-order valence-electron chi connectivity index (χ0n) is 19.4. The number of anilines is 1. The van der Waals surface area contributed by atoms with Gasteiger partial charge in [0.1, 0.15) is 5.82 Å². The summed E-state index contributed by atoms with van der Waals surface area (Å²) in [5.41, 5.74) is 2.86. The number of carbonyl (C=O) groups excluding carboxylic acids is 1. The van der Waals surface area contributed by atoms with E-state index < -0.39 is 0 Å². The van der Waals surface area contributed by atoms with Gasteiger partial charge in [-0.2, -0.15) is 0 Å². The maximum atomic E-state index is 11.8. The first-order chi connectivity index (χ1) is 15.5. The molecule has 2 atom stereocenters. The summed E-state index contributed by atoms with van der Waals surface area (Å²) in [6.45, 7) is 7.25. The summed E-state index contributed by atoms with van der Waals surface area (Å²) < 4.78 is 5.80. The standard InChI is InChI=1S/C24H34N6O2/c1-17-15-30(16-18(2)32-17)22-9-8-20(13-28-22)14-29-24(26-4)27-11-10-19-6-5-7-21(12-19)23(31)25-3/h5-9,12-13,17-18H,10-11,14-16H2,1-4H3,(H,25,31)(H2,26,27,29). The average molecular weight is 439 g/mol. The molecule has 0 bridgehead atoms. The van der Waals surface area contributed by atoms with Gasteiger partial charge in [0, 0.05) is 52.0 Å². The van der Waals surface area contributed by atoms with Crippen LogP contribution in [0.2, 0.25) is 0 Å². The van der Waals surface area contributed by atoms with Gasteiger partial charge in [0.2, 0.25) is 0 Å². The van der Waals surface area contributed by atoms with E-state index in [0.29, 0.717) is 18.7 Å². The molecule has 8 heteroatoms. The number of carbonyl (C=O) groups is 1. The van der Waals surface area contributed by atoms with E-state index in [-0.39, 0.29) is 18.1 Å². The molecule has 1 amide bonds. The van der Waals surface area contributed by atoms with Crippen LogP contribution in [-0.2, 0) is 17.7 Å². The van der Waals surface area contributed by atoms with Crippen LogP contribution in [0.5, 0.6) is 0 Å². The predicted molar refractivity (Wildman–Crippen MR) is 128 cm³/mol. The number of ether oxygens (including phenoxy) is 1. The molecule has 2 heterocycles. The number of rotatable bonds is 7. The smallest absolute Gasteiger partial charge is 0.251 e. The van der Waals surface area contributed by atoms with Crippen LogP contribution in [0.15, 0.2) is 47.6 Å². The number of hydrogen-bond acceptors (Lipinski definition) is 5. The zero-order chi connectivity index (χ0) is 22.9. The summed E-state index contributed by atoms with van der Waals surface area (Å²) in [6, 6.07) is 11.8. The minimum absolute atomic E-state index is 0.0745. The SMILES string of the molecule is CN=C(NCCc1cccc(C(=O)NC)c1)NCc1ccc(N2CC(C)OC(C)C2)nc1. The second-order valence-electron chi connectivity index (χ2n) is 8.07. The number of guanidine groups is 1. The third-order valence-corrected chi connectivity index (χ3v) is 5.36. The van der Waals surface area contributed by atoms with Crippen molar-refractivity contribution in [2.75, 3.05) is 38.6 Å². The van der Waals surface area contributed by atoms with Crippen LogP contribution < -0.4 is 20.9 Å². The van der Waals surface area contributed by atoms with Crippen molar-refractivity contribution >= 4 is 17.7 Å². The van der Waals surface area contributed by atoms with Crippen LogP contribution in [0.1, 0.15) is 35.3 Å². The van der Waals surface area contributed by atoms with Crippen molar-refractivity contribution in [2.45, 2.75) is 39.0 Å². The summed E-state index contributed by atoms with van der Waals surface area (Å²) in [5.74, 6) is 1.64. The topological polar surface area (TPSA) is 90.9 Å². The highest BCUT2D eigenvalue weighted by Gasteiger charge is 2.22. The van der Waals surface area contributed by atoms with Gasteiger partial charge in [-0.05, 0) is 49.6 Å². The van der Waals surface area contributed by atoms with Crippen LogP contribution in [0.4, 0.5) is 5.82 Å². The summed E-state index contributed by atoms with van der Waals surface area (Å²) in [7, 11) is 3.39. The van der Waals surface area contributed by atoms with Crippen LogP contribution in [0.3, 0.4) is 0 Å². The highest BCUT2D eigenvalue weighted by Crippen LogP contribution is 2.18. The highest BCUT2D eigenvalue weighted by atomic mass is 16.5. The molecule has 1 aromatic heterocycles. The maximum absolute atomic E-state index is 11.8. The summed E-state index contributed by atoms with van der Waals surface area (Å²) >= 11 is 0. The second kappa shape index (κ2) is 11.5. The van der Waals surface area contributed by atoms with Gasteiger partial charge in [0.05, 0.1) is 12.2 Å². The van der Waals surface area contributed by atoms with E-state index in [4.69, 9.17) is 4.74 Å². The quantitative estimate of drug-likeness (QED) is 0.452. The third kappa shape index (κ3) is 6.68. The number of amides is 1. The Kier molecular flexibility index (Phi) is 8.44. The minimum Gasteiger partial charge on any atom is -0.372 e. The van der Waals surface area contributed by atoms with Crippen LogP contribution in [0, 0.1) is 0 Å². The van der Waals surface area contributed by atoms with E-state index >= 15 is 0 Å². The number of benzene rings is 1. The van der Waals surface area contributed by atoms with Crippen LogP contribution in [0.25, 0.3) is 0 Å². The lowest BCUT2D eigenvalue weighted by molar-refractivity contribution is -0.00546. The largest absolute Gasteiger partial charge is 0.372 e. The molecule has 2 unspecified atom stereocenters. The summed E-state index contributed by atoms with van der Waals surface area (Å²) in [6.07, 6.45) is 3.12. The maximum Gasteiger partial charge on any atom is 0.251 e. The molecule has 32 heavy (non-hydrogen) atoms. The highest BCUT2D eigenvalue weighted by molar-refractivity contribution is 5.94. The van der Waals surface area contributed by atoms with Gasteiger partial charge < -0.3 is 25.6 Å². The number of nitrogens with zero attached hydrogens (tertiary/aromatic N) is 3. The number of pyridine rings is 1. The lowest BCUT2D eigenvalue weighted by atomic mass is 10.1. The fourth-order valence-corrected chi connectivity index (χ4v) is 3.82. The molecular formula is C24H34N6O2. The van der Waals surface area contributed by atoms with Crippen molar-refractivity contribution in [3.05, 3.63) is 59.3 Å². The number of aromatic nitrogens is 1. The molecule has 1 saturated heterocycles. The van der Waals surface area contributed by atoms with E-state index in [2.05, 4.69) is 56.8 Å². The predicted octanol–water partition coefficient (Wildman–Crippen LogP) is 1.96. The molecule has 0 saturated carbocycles. The Balaban J connectivity index is 1.46. The van der Waals surface area contributed by atoms with Crippen molar-refractivity contribution in [3.8, 4) is 0 Å². The average Bonchev–Trinajstić information content (AvgIpc) is 2.80. The molecule has 8 nitrogen and oxygen atoms in total. The molecule has 1 aliphatic heterocycles. The molecule has 2 aromatic rings. The number of morpholine rings is 1. The van der Waals surface area contributed by atoms with Gasteiger partial charge in [-0.3, -0.25) is 9.79 Å². The first kappa shape index (κ1) is 23.5. The molecular weight excluding hydrogens is 404 g/mol. The Morgan fingerprint density at radius 3 is 2.59 bits per heavy atom. The summed E-state index contributed by atoms with van der Waals surface area (Å²) in [5, 5.41) is 9.30. The molecule has 3 N–H and O–H groups in total. The van der Waals surface area contributed by atoms with Crippen LogP contribution >= 0.6 is 0 Å². The lowest BCUT2D eigenvalue weighted by Crippen LogP contribution is -2.45. The van der Waals surface area contributed by atoms with Gasteiger partial charge in [-0.25, -0.2) is 4.98 Å².